The van der Waals surface area contributed by atoms with E-state index in [0.29, 0.717) is 12.0 Å². The van der Waals surface area contributed by atoms with Crippen LogP contribution in [0.3, 0.4) is 0 Å². The molecule has 2 aromatic rings. The normalized spacial score (nSPS) is 19.0. The summed E-state index contributed by atoms with van der Waals surface area (Å²) in [6.07, 6.45) is 4.79. The number of hydrogen-bond acceptors (Lipinski definition) is 1. The van der Waals surface area contributed by atoms with Crippen LogP contribution in [0, 0.1) is 5.92 Å². The molecule has 0 spiro atoms. The Morgan fingerprint density at radius 2 is 1.76 bits per heavy atom. The van der Waals surface area contributed by atoms with Gasteiger partial charge >= 0.3 is 0 Å². The van der Waals surface area contributed by atoms with Crippen molar-refractivity contribution in [3.63, 3.8) is 0 Å². The molecule has 0 heterocycles. The number of benzene rings is 2. The molecule has 3 rings (SSSR count). The molecule has 0 aromatic heterocycles. The maximum absolute atomic E-state index is 3.56. The lowest BCUT2D eigenvalue weighted by Gasteiger charge is -2.32. The predicted molar refractivity (Wildman–Crippen MR) is 89.6 cm³/mol. The molecule has 2 atom stereocenters. The molecule has 0 amide bonds. The molecule has 1 nitrogen and oxygen atoms in total. The van der Waals surface area contributed by atoms with Gasteiger partial charge in [-0.2, -0.15) is 0 Å². The van der Waals surface area contributed by atoms with E-state index >= 15 is 0 Å². The van der Waals surface area contributed by atoms with Crippen LogP contribution in [-0.4, -0.2) is 7.05 Å². The molecular weight excluding hydrogens is 254 g/mol. The molecule has 21 heavy (non-hydrogen) atoms. The predicted octanol–water partition coefficient (Wildman–Crippen LogP) is 4.31. The number of nitrogens with one attached hydrogen (secondary N) is 1. The Kier molecular flexibility index (Phi) is 4.40. The first-order valence-corrected chi connectivity index (χ1v) is 8.14. The van der Waals surface area contributed by atoms with Crippen molar-refractivity contribution in [2.24, 2.45) is 5.92 Å². The van der Waals surface area contributed by atoms with Gasteiger partial charge in [0.15, 0.2) is 0 Å². The highest BCUT2D eigenvalue weighted by Gasteiger charge is 2.26. The van der Waals surface area contributed by atoms with Gasteiger partial charge < -0.3 is 5.32 Å². The molecule has 2 aromatic carbocycles. The van der Waals surface area contributed by atoms with Crippen molar-refractivity contribution in [3.8, 4) is 0 Å². The van der Waals surface area contributed by atoms with E-state index in [1.807, 2.05) is 0 Å². The van der Waals surface area contributed by atoms with E-state index in [9.17, 15) is 0 Å². The summed E-state index contributed by atoms with van der Waals surface area (Å²) in [6.45, 7) is 2.21. The van der Waals surface area contributed by atoms with Gasteiger partial charge in [0.25, 0.3) is 0 Å². The van der Waals surface area contributed by atoms with Crippen LogP contribution in [0.2, 0.25) is 0 Å². The van der Waals surface area contributed by atoms with Crippen LogP contribution in [-0.2, 0) is 19.3 Å². The molecule has 2 unspecified atom stereocenters. The van der Waals surface area contributed by atoms with Crippen molar-refractivity contribution >= 4 is 0 Å². The molecule has 1 heteroatoms. The van der Waals surface area contributed by atoms with Crippen LogP contribution in [0.1, 0.15) is 41.6 Å². The van der Waals surface area contributed by atoms with E-state index in [2.05, 4.69) is 67.8 Å². The van der Waals surface area contributed by atoms with Gasteiger partial charge in [-0.3, -0.25) is 0 Å². The Balaban J connectivity index is 1.80. The largest absolute Gasteiger partial charge is 0.313 e. The fraction of sp³-hybridized carbons (Fsp3) is 0.400. The van der Waals surface area contributed by atoms with Gasteiger partial charge in [-0.05, 0) is 60.9 Å². The summed E-state index contributed by atoms with van der Waals surface area (Å²) < 4.78 is 0. The third-order valence-corrected chi connectivity index (χ3v) is 4.91. The van der Waals surface area contributed by atoms with Crippen molar-refractivity contribution in [1.29, 1.82) is 0 Å². The van der Waals surface area contributed by atoms with E-state index in [0.717, 1.165) is 6.42 Å². The van der Waals surface area contributed by atoms with Gasteiger partial charge in [-0.15, -0.1) is 0 Å². The first-order chi connectivity index (χ1) is 10.3. The van der Waals surface area contributed by atoms with E-state index in [-0.39, 0.29) is 0 Å². The van der Waals surface area contributed by atoms with Gasteiger partial charge in [0, 0.05) is 6.04 Å². The fourth-order valence-corrected chi connectivity index (χ4v) is 3.65. The van der Waals surface area contributed by atoms with Gasteiger partial charge in [-0.1, -0.05) is 55.5 Å². The first kappa shape index (κ1) is 14.3. The Bertz CT molecular complexity index is 585. The average molecular weight is 279 g/mol. The molecule has 0 aliphatic heterocycles. The van der Waals surface area contributed by atoms with Crippen LogP contribution in [0.25, 0.3) is 0 Å². The molecule has 1 N–H and O–H groups in total. The van der Waals surface area contributed by atoms with Crippen LogP contribution in [0.4, 0.5) is 0 Å². The molecule has 0 saturated heterocycles. The maximum Gasteiger partial charge on any atom is 0.0349 e. The van der Waals surface area contributed by atoms with Crippen molar-refractivity contribution in [2.45, 2.75) is 38.6 Å². The molecule has 1 aliphatic carbocycles. The minimum Gasteiger partial charge on any atom is -0.313 e. The smallest absolute Gasteiger partial charge is 0.0349 e. The summed E-state index contributed by atoms with van der Waals surface area (Å²) in [6, 6.07) is 18.5. The molecule has 0 saturated carbocycles. The van der Waals surface area contributed by atoms with E-state index in [4.69, 9.17) is 0 Å². The van der Waals surface area contributed by atoms with Crippen LogP contribution in [0.5, 0.6) is 0 Å². The number of aryl methyl sites for hydroxylation is 2. The standard InChI is InChI=1S/C20H25N/c1-3-15-8-10-17(11-9-15)20(21-2)19-13-12-16-6-4-5-7-18(16)14-19/h4-11,19-21H,3,12-14H2,1-2H3. The van der Waals surface area contributed by atoms with Crippen molar-refractivity contribution in [2.75, 3.05) is 7.05 Å². The van der Waals surface area contributed by atoms with Crippen molar-refractivity contribution < 1.29 is 0 Å². The van der Waals surface area contributed by atoms with Crippen LogP contribution >= 0.6 is 0 Å². The van der Waals surface area contributed by atoms with E-state index < -0.39 is 0 Å². The minimum atomic E-state index is 0.462. The number of rotatable bonds is 4. The summed E-state index contributed by atoms with van der Waals surface area (Å²) in [5, 5.41) is 3.56. The molecule has 0 bridgehead atoms. The number of fused-ring (bicyclic) bond motifs is 1. The topological polar surface area (TPSA) is 12.0 Å². The lowest BCUT2D eigenvalue weighted by Crippen LogP contribution is -2.29. The Hall–Kier alpha value is -1.60. The summed E-state index contributed by atoms with van der Waals surface area (Å²) in [7, 11) is 2.10. The highest BCUT2D eigenvalue weighted by molar-refractivity contribution is 5.32. The lowest BCUT2D eigenvalue weighted by atomic mass is 9.78. The molecule has 1 aliphatic rings. The lowest BCUT2D eigenvalue weighted by molar-refractivity contribution is 0.342. The van der Waals surface area contributed by atoms with Crippen LogP contribution < -0.4 is 5.32 Å². The molecule has 0 radical (unpaired) electrons. The summed E-state index contributed by atoms with van der Waals surface area (Å²) in [5.41, 5.74) is 5.94. The van der Waals surface area contributed by atoms with E-state index in [1.165, 1.54) is 30.4 Å². The second-order valence-electron chi connectivity index (χ2n) is 6.13. The highest BCUT2D eigenvalue weighted by atomic mass is 14.9. The fourth-order valence-electron chi connectivity index (χ4n) is 3.65. The van der Waals surface area contributed by atoms with Gasteiger partial charge in [0.1, 0.15) is 0 Å². The zero-order valence-corrected chi connectivity index (χ0v) is 13.1. The Morgan fingerprint density at radius 1 is 1.05 bits per heavy atom. The average Bonchev–Trinajstić information content (AvgIpc) is 2.56. The summed E-state index contributed by atoms with van der Waals surface area (Å²) in [5.74, 6) is 0.692. The Morgan fingerprint density at radius 3 is 2.43 bits per heavy atom. The Labute approximate surface area is 128 Å². The number of hydrogen-bond donors (Lipinski definition) is 1. The molecular formula is C20H25N. The molecule has 110 valence electrons. The van der Waals surface area contributed by atoms with Gasteiger partial charge in [0.2, 0.25) is 0 Å². The monoisotopic (exact) mass is 279 g/mol. The SMILES string of the molecule is CCc1ccc(C(NC)C2CCc3ccccc3C2)cc1. The minimum absolute atomic E-state index is 0.462. The van der Waals surface area contributed by atoms with Crippen molar-refractivity contribution in [1.82, 2.24) is 5.32 Å². The van der Waals surface area contributed by atoms with Crippen LogP contribution in [0.15, 0.2) is 48.5 Å². The quantitative estimate of drug-likeness (QED) is 0.879. The third-order valence-electron chi connectivity index (χ3n) is 4.91. The second-order valence-corrected chi connectivity index (χ2v) is 6.13. The zero-order valence-electron chi connectivity index (χ0n) is 13.1. The van der Waals surface area contributed by atoms with Gasteiger partial charge in [-0.25, -0.2) is 0 Å². The zero-order chi connectivity index (χ0) is 14.7. The summed E-state index contributed by atoms with van der Waals surface area (Å²) in [4.78, 5) is 0. The molecule has 0 fully saturated rings. The van der Waals surface area contributed by atoms with Gasteiger partial charge in [0.05, 0.1) is 0 Å². The second kappa shape index (κ2) is 6.44. The summed E-state index contributed by atoms with van der Waals surface area (Å²) >= 11 is 0. The van der Waals surface area contributed by atoms with E-state index in [1.54, 1.807) is 11.1 Å². The highest BCUT2D eigenvalue weighted by Crippen LogP contribution is 2.34. The third kappa shape index (κ3) is 3.03. The maximum atomic E-state index is 3.56. The van der Waals surface area contributed by atoms with Crippen molar-refractivity contribution in [3.05, 3.63) is 70.8 Å². The first-order valence-electron chi connectivity index (χ1n) is 8.14.